The number of hydrogen-bond donors (Lipinski definition) is 0. The molecule has 1 aromatic heterocycles. The van der Waals surface area contributed by atoms with Gasteiger partial charge in [0.2, 0.25) is 0 Å². The zero-order chi connectivity index (χ0) is 16.7. The molecule has 5 heteroatoms. The van der Waals surface area contributed by atoms with E-state index in [9.17, 15) is 0 Å². The summed E-state index contributed by atoms with van der Waals surface area (Å²) in [6.45, 7) is 3.19. The predicted octanol–water partition coefficient (Wildman–Crippen LogP) is 5.34. The van der Waals surface area contributed by atoms with Crippen LogP contribution in [0.5, 0.6) is 0 Å². The fourth-order valence-electron chi connectivity index (χ4n) is 3.31. The number of allylic oxidation sites excluding steroid dienone is 1. The molecule has 24 heavy (non-hydrogen) atoms. The van der Waals surface area contributed by atoms with Crippen LogP contribution in [-0.2, 0) is 15.9 Å². The first-order valence-electron chi connectivity index (χ1n) is 8.02. The van der Waals surface area contributed by atoms with Crippen molar-refractivity contribution >= 4 is 39.2 Å². The van der Waals surface area contributed by atoms with Crippen LogP contribution >= 0.6 is 27.5 Å². The largest absolute Gasteiger partial charge is 0.346 e. The fourth-order valence-corrected chi connectivity index (χ4v) is 4.09. The van der Waals surface area contributed by atoms with E-state index in [2.05, 4.69) is 40.2 Å². The van der Waals surface area contributed by atoms with Crippen LogP contribution in [0.4, 0.5) is 0 Å². The molecule has 1 fully saturated rings. The maximum Gasteiger partial charge on any atom is 0.185 e. The number of hydrogen-bond acceptors (Lipinski definition) is 3. The summed E-state index contributed by atoms with van der Waals surface area (Å²) in [4.78, 5) is 4.70. The van der Waals surface area contributed by atoms with Gasteiger partial charge in [-0.05, 0) is 54.7 Å². The van der Waals surface area contributed by atoms with Crippen LogP contribution in [0.3, 0.4) is 0 Å². The van der Waals surface area contributed by atoms with Gasteiger partial charge in [-0.25, -0.2) is 0 Å². The first-order valence-corrected chi connectivity index (χ1v) is 9.19. The smallest absolute Gasteiger partial charge is 0.185 e. The third kappa shape index (κ3) is 2.93. The Balaban J connectivity index is 1.71. The van der Waals surface area contributed by atoms with E-state index in [0.29, 0.717) is 18.2 Å². The average Bonchev–Trinajstić information content (AvgIpc) is 3.21. The number of halogens is 2. The second-order valence-corrected chi connectivity index (χ2v) is 7.30. The summed E-state index contributed by atoms with van der Waals surface area (Å²) in [6, 6.07) is 8.24. The summed E-state index contributed by atoms with van der Waals surface area (Å²) in [5.74, 6) is 0. The van der Waals surface area contributed by atoms with E-state index in [1.54, 1.807) is 0 Å². The summed E-state index contributed by atoms with van der Waals surface area (Å²) in [5, 5.41) is 0.630. The number of aryl methyl sites for hydroxylation is 1. The highest BCUT2D eigenvalue weighted by Gasteiger charge is 2.23. The third-order valence-electron chi connectivity index (χ3n) is 4.53. The van der Waals surface area contributed by atoms with Crippen LogP contribution in [0.25, 0.3) is 11.6 Å². The number of rotatable bonds is 2. The van der Waals surface area contributed by atoms with Crippen molar-refractivity contribution in [2.24, 2.45) is 0 Å². The molecule has 124 valence electrons. The van der Waals surface area contributed by atoms with Crippen LogP contribution < -0.4 is 0 Å². The summed E-state index contributed by atoms with van der Waals surface area (Å²) in [7, 11) is 0. The number of nitrogens with zero attached hydrogens (tertiary/aromatic N) is 1. The topological polar surface area (TPSA) is 31.4 Å². The average molecular weight is 407 g/mol. The van der Waals surface area contributed by atoms with Crippen molar-refractivity contribution in [3.63, 3.8) is 0 Å². The summed E-state index contributed by atoms with van der Waals surface area (Å²) < 4.78 is 12.3. The van der Waals surface area contributed by atoms with Crippen LogP contribution in [0.2, 0.25) is 5.02 Å². The molecular weight excluding hydrogens is 390 g/mol. The highest BCUT2D eigenvalue weighted by atomic mass is 79.9. The Morgan fingerprint density at radius 1 is 1.25 bits per heavy atom. The highest BCUT2D eigenvalue weighted by molar-refractivity contribution is 9.10. The first kappa shape index (κ1) is 16.3. The van der Waals surface area contributed by atoms with Crippen molar-refractivity contribution < 1.29 is 9.47 Å². The molecule has 0 saturated carbocycles. The maximum atomic E-state index is 6.49. The Labute approximate surface area is 154 Å². The lowest BCUT2D eigenvalue weighted by Gasteiger charge is -2.13. The Bertz CT molecular complexity index is 828. The van der Waals surface area contributed by atoms with Crippen LogP contribution in [0, 0.1) is 6.92 Å². The molecule has 0 N–H and O–H groups in total. The lowest BCUT2D eigenvalue weighted by molar-refractivity contribution is -0.0448. The molecule has 0 bridgehead atoms. The Morgan fingerprint density at radius 2 is 2.04 bits per heavy atom. The minimum absolute atomic E-state index is 0.347. The maximum absolute atomic E-state index is 6.49. The lowest BCUT2D eigenvalue weighted by Crippen LogP contribution is -2.04. The fraction of sp³-hybridized carbons (Fsp3) is 0.316. The normalized spacial score (nSPS) is 19.2. The first-order chi connectivity index (χ1) is 11.6. The van der Waals surface area contributed by atoms with Gasteiger partial charge in [-0.15, -0.1) is 0 Å². The van der Waals surface area contributed by atoms with Crippen molar-refractivity contribution in [2.45, 2.75) is 26.1 Å². The van der Waals surface area contributed by atoms with Crippen LogP contribution in [0.15, 0.2) is 28.7 Å². The van der Waals surface area contributed by atoms with Gasteiger partial charge < -0.3 is 9.47 Å². The van der Waals surface area contributed by atoms with E-state index in [1.165, 1.54) is 21.2 Å². The molecule has 2 aliphatic rings. The van der Waals surface area contributed by atoms with Gasteiger partial charge in [-0.3, -0.25) is 4.98 Å². The quantitative estimate of drug-likeness (QED) is 0.675. The minimum Gasteiger partial charge on any atom is -0.346 e. The van der Waals surface area contributed by atoms with Gasteiger partial charge in [-0.2, -0.15) is 0 Å². The van der Waals surface area contributed by atoms with E-state index in [1.807, 2.05) is 13.0 Å². The second-order valence-electron chi connectivity index (χ2n) is 6.04. The van der Waals surface area contributed by atoms with Crippen molar-refractivity contribution in [3.8, 4) is 0 Å². The van der Waals surface area contributed by atoms with Gasteiger partial charge in [-0.1, -0.05) is 39.7 Å². The molecule has 1 saturated heterocycles. The van der Waals surface area contributed by atoms with E-state index < -0.39 is 0 Å². The molecule has 2 aromatic rings. The van der Waals surface area contributed by atoms with Gasteiger partial charge in [0.05, 0.1) is 23.9 Å². The summed E-state index contributed by atoms with van der Waals surface area (Å²) in [5.41, 5.74) is 6.53. The SMILES string of the molecule is Cc1nc(/C=C2\CCc3c(Br)cccc32)c(Cl)cc1C1OCCO1. The number of aromatic nitrogens is 1. The van der Waals surface area contributed by atoms with Crippen LogP contribution in [-0.4, -0.2) is 18.2 Å². The summed E-state index contributed by atoms with van der Waals surface area (Å²) >= 11 is 10.1. The van der Waals surface area contributed by atoms with Crippen LogP contribution in [0.1, 0.15) is 40.8 Å². The van der Waals surface area contributed by atoms with Gasteiger partial charge in [0.15, 0.2) is 6.29 Å². The molecule has 4 rings (SSSR count). The highest BCUT2D eigenvalue weighted by Crippen LogP contribution is 2.38. The number of ether oxygens (including phenoxy) is 2. The molecule has 0 unspecified atom stereocenters. The zero-order valence-electron chi connectivity index (χ0n) is 13.3. The number of fused-ring (bicyclic) bond motifs is 1. The zero-order valence-corrected chi connectivity index (χ0v) is 15.7. The predicted molar refractivity (Wildman–Crippen MR) is 99.0 cm³/mol. The Morgan fingerprint density at radius 3 is 2.83 bits per heavy atom. The molecule has 2 heterocycles. The van der Waals surface area contributed by atoms with E-state index in [-0.39, 0.29) is 6.29 Å². The monoisotopic (exact) mass is 405 g/mol. The van der Waals surface area contributed by atoms with E-state index >= 15 is 0 Å². The lowest BCUT2D eigenvalue weighted by atomic mass is 10.1. The third-order valence-corrected chi connectivity index (χ3v) is 5.57. The van der Waals surface area contributed by atoms with E-state index in [0.717, 1.165) is 29.8 Å². The molecule has 1 aromatic carbocycles. The molecule has 3 nitrogen and oxygen atoms in total. The molecule has 0 spiro atoms. The Hall–Kier alpha value is -1.20. The number of pyridine rings is 1. The molecule has 0 radical (unpaired) electrons. The molecule has 0 atom stereocenters. The van der Waals surface area contributed by atoms with Gasteiger partial charge in [0.25, 0.3) is 0 Å². The summed E-state index contributed by atoms with van der Waals surface area (Å²) in [6.07, 6.45) is 3.81. The Kier molecular flexibility index (Phi) is 4.48. The van der Waals surface area contributed by atoms with Crippen molar-refractivity contribution in [1.82, 2.24) is 4.98 Å². The second kappa shape index (κ2) is 6.60. The molecular formula is C19H17BrClNO2. The standard InChI is InChI=1S/C19H17BrClNO2/c1-11-15(19-23-7-8-24-19)10-17(21)18(22-11)9-12-5-6-14-13(12)3-2-4-16(14)20/h2-4,9-10,19H,5-8H2,1H3/b12-9+. The van der Waals surface area contributed by atoms with Crippen molar-refractivity contribution in [1.29, 1.82) is 0 Å². The molecule has 0 amide bonds. The van der Waals surface area contributed by atoms with Crippen molar-refractivity contribution in [2.75, 3.05) is 13.2 Å². The van der Waals surface area contributed by atoms with Gasteiger partial charge >= 0.3 is 0 Å². The molecule has 1 aliphatic carbocycles. The van der Waals surface area contributed by atoms with Gasteiger partial charge in [0.1, 0.15) is 0 Å². The van der Waals surface area contributed by atoms with E-state index in [4.69, 9.17) is 26.1 Å². The molecule has 1 aliphatic heterocycles. The van der Waals surface area contributed by atoms with Crippen molar-refractivity contribution in [3.05, 3.63) is 61.8 Å². The minimum atomic E-state index is -0.347. The number of benzene rings is 1. The van der Waals surface area contributed by atoms with Gasteiger partial charge in [0, 0.05) is 15.7 Å².